The van der Waals surface area contributed by atoms with Gasteiger partial charge in [0, 0.05) is 11.8 Å². The third-order valence-electron chi connectivity index (χ3n) is 5.17. The van der Waals surface area contributed by atoms with Crippen molar-refractivity contribution < 1.29 is 14.7 Å². The molecule has 0 atom stereocenters. The van der Waals surface area contributed by atoms with Gasteiger partial charge >= 0.3 is 0 Å². The van der Waals surface area contributed by atoms with Crippen molar-refractivity contribution in [2.75, 3.05) is 0 Å². The summed E-state index contributed by atoms with van der Waals surface area (Å²) in [5, 5.41) is 20.2. The molecule has 0 saturated carbocycles. The predicted molar refractivity (Wildman–Crippen MR) is 117 cm³/mol. The van der Waals surface area contributed by atoms with E-state index < -0.39 is 0 Å². The van der Waals surface area contributed by atoms with Crippen LogP contribution in [0.5, 0.6) is 0 Å². The lowest BCUT2D eigenvalue weighted by atomic mass is 10.0. The summed E-state index contributed by atoms with van der Waals surface area (Å²) in [5.41, 5.74) is 3.47. The van der Waals surface area contributed by atoms with Crippen molar-refractivity contribution in [3.05, 3.63) is 102 Å². The van der Waals surface area contributed by atoms with Crippen molar-refractivity contribution in [1.82, 2.24) is 14.7 Å². The van der Waals surface area contributed by atoms with E-state index >= 15 is 0 Å². The van der Waals surface area contributed by atoms with E-state index in [0.717, 1.165) is 23.1 Å². The SMILES string of the molecule is N#Cc1ccc(-c2nc(C3=COC=C(C4=CC=CCC4)O3)c(-c3ccccn3)n2O)cc1. The topological polar surface area (TPSA) is 93.2 Å². The van der Waals surface area contributed by atoms with Crippen molar-refractivity contribution in [2.45, 2.75) is 12.8 Å². The molecule has 0 fully saturated rings. The van der Waals surface area contributed by atoms with Crippen LogP contribution in [-0.2, 0) is 9.47 Å². The third kappa shape index (κ3) is 3.55. The third-order valence-corrected chi connectivity index (χ3v) is 5.17. The number of nitrogens with zero attached hydrogens (tertiary/aromatic N) is 4. The molecule has 3 aromatic rings. The number of allylic oxidation sites excluding steroid dienone is 4. The highest BCUT2D eigenvalue weighted by Crippen LogP contribution is 2.36. The van der Waals surface area contributed by atoms with Gasteiger partial charge in [0.1, 0.15) is 23.9 Å². The predicted octanol–water partition coefficient (Wildman–Crippen LogP) is 5.18. The first-order chi connectivity index (χ1) is 15.7. The van der Waals surface area contributed by atoms with E-state index in [-0.39, 0.29) is 0 Å². The molecule has 1 aromatic carbocycles. The van der Waals surface area contributed by atoms with Crippen LogP contribution in [0.3, 0.4) is 0 Å². The van der Waals surface area contributed by atoms with Gasteiger partial charge in [0.25, 0.3) is 0 Å². The van der Waals surface area contributed by atoms with E-state index in [1.807, 2.05) is 18.2 Å². The van der Waals surface area contributed by atoms with E-state index in [0.29, 0.717) is 45.6 Å². The highest BCUT2D eigenvalue weighted by Gasteiger charge is 2.27. The normalized spacial score (nSPS) is 15.0. The smallest absolute Gasteiger partial charge is 0.190 e. The number of rotatable bonds is 4. The Morgan fingerprint density at radius 1 is 1.06 bits per heavy atom. The second-order valence-electron chi connectivity index (χ2n) is 7.21. The molecule has 3 heterocycles. The lowest BCUT2D eigenvalue weighted by molar-refractivity contribution is 0.195. The Labute approximate surface area is 184 Å². The van der Waals surface area contributed by atoms with E-state index in [1.165, 1.54) is 6.26 Å². The van der Waals surface area contributed by atoms with Crippen LogP contribution in [0.2, 0.25) is 0 Å². The van der Waals surface area contributed by atoms with Crippen molar-refractivity contribution >= 4 is 5.76 Å². The quantitative estimate of drug-likeness (QED) is 0.582. The van der Waals surface area contributed by atoms with Gasteiger partial charge < -0.3 is 14.7 Å². The monoisotopic (exact) mass is 422 g/mol. The Kier molecular flexibility index (Phi) is 5.02. The van der Waals surface area contributed by atoms with Crippen LogP contribution in [-0.4, -0.2) is 19.9 Å². The summed E-state index contributed by atoms with van der Waals surface area (Å²) in [5.74, 6) is 1.26. The van der Waals surface area contributed by atoms with Gasteiger partial charge in [-0.15, -0.1) is 0 Å². The summed E-state index contributed by atoms with van der Waals surface area (Å²) in [6, 6.07) is 14.3. The van der Waals surface area contributed by atoms with Crippen LogP contribution >= 0.6 is 0 Å². The number of hydrogen-bond donors (Lipinski definition) is 1. The minimum Gasteiger partial charge on any atom is -0.465 e. The molecule has 0 saturated heterocycles. The van der Waals surface area contributed by atoms with Crippen LogP contribution in [0.15, 0.2) is 90.7 Å². The van der Waals surface area contributed by atoms with Crippen LogP contribution in [0.4, 0.5) is 0 Å². The minimum atomic E-state index is 0.297. The van der Waals surface area contributed by atoms with Gasteiger partial charge in [0.2, 0.25) is 0 Å². The van der Waals surface area contributed by atoms with Crippen molar-refractivity contribution in [1.29, 1.82) is 5.26 Å². The number of aromatic nitrogens is 3. The molecule has 0 radical (unpaired) electrons. The summed E-state index contributed by atoms with van der Waals surface area (Å²) < 4.78 is 12.7. The molecule has 2 aliphatic rings. The van der Waals surface area contributed by atoms with Gasteiger partial charge in [-0.3, -0.25) is 4.98 Å². The Hall–Kier alpha value is -4.57. The summed E-state index contributed by atoms with van der Waals surface area (Å²) in [7, 11) is 0. The Morgan fingerprint density at radius 2 is 1.91 bits per heavy atom. The van der Waals surface area contributed by atoms with Crippen LogP contribution in [0.25, 0.3) is 28.5 Å². The molecule has 7 heteroatoms. The van der Waals surface area contributed by atoms with Gasteiger partial charge in [-0.05, 0) is 54.8 Å². The lowest BCUT2D eigenvalue weighted by Gasteiger charge is -2.19. The zero-order chi connectivity index (χ0) is 21.9. The molecular formula is C25H18N4O3. The molecule has 1 N–H and O–H groups in total. The number of pyridine rings is 1. The van der Waals surface area contributed by atoms with Gasteiger partial charge in [0.05, 0.1) is 17.3 Å². The van der Waals surface area contributed by atoms with Crippen molar-refractivity contribution in [3.63, 3.8) is 0 Å². The maximum absolute atomic E-state index is 11.1. The number of ether oxygens (including phenoxy) is 2. The molecule has 2 aromatic heterocycles. The standard InChI is InChI=1S/C25H18N4O3/c26-14-17-9-11-19(12-10-17)25-28-23(24(29(25)30)20-8-4-5-13-27-20)22-16-31-15-21(32-22)18-6-2-1-3-7-18/h1-2,4-6,8-13,15-16,30H,3,7H2. The van der Waals surface area contributed by atoms with Crippen molar-refractivity contribution in [3.8, 4) is 28.8 Å². The van der Waals surface area contributed by atoms with E-state index in [2.05, 4.69) is 22.1 Å². The zero-order valence-electron chi connectivity index (χ0n) is 17.0. The molecule has 1 aliphatic carbocycles. The number of nitriles is 1. The minimum absolute atomic E-state index is 0.297. The fourth-order valence-corrected chi connectivity index (χ4v) is 3.58. The number of imidazole rings is 1. The van der Waals surface area contributed by atoms with Gasteiger partial charge in [-0.2, -0.15) is 9.99 Å². The number of benzene rings is 1. The maximum Gasteiger partial charge on any atom is 0.190 e. The van der Waals surface area contributed by atoms with Crippen LogP contribution < -0.4 is 0 Å². The Bertz CT molecular complexity index is 1320. The molecule has 156 valence electrons. The lowest BCUT2D eigenvalue weighted by Crippen LogP contribution is -2.05. The number of hydrogen-bond acceptors (Lipinski definition) is 6. The summed E-state index contributed by atoms with van der Waals surface area (Å²) in [4.78, 5) is 9.06. The first-order valence-corrected chi connectivity index (χ1v) is 10.1. The second-order valence-corrected chi connectivity index (χ2v) is 7.21. The van der Waals surface area contributed by atoms with E-state index in [4.69, 9.17) is 14.7 Å². The largest absolute Gasteiger partial charge is 0.465 e. The van der Waals surface area contributed by atoms with Crippen molar-refractivity contribution in [2.24, 2.45) is 0 Å². The summed E-state index contributed by atoms with van der Waals surface area (Å²) in [6.07, 6.45) is 12.5. The Balaban J connectivity index is 1.59. The summed E-state index contributed by atoms with van der Waals surface area (Å²) in [6.45, 7) is 0. The highest BCUT2D eigenvalue weighted by atomic mass is 16.5. The molecule has 0 amide bonds. The molecule has 32 heavy (non-hydrogen) atoms. The summed E-state index contributed by atoms with van der Waals surface area (Å²) >= 11 is 0. The Morgan fingerprint density at radius 3 is 2.62 bits per heavy atom. The average Bonchev–Trinajstić information content (AvgIpc) is 3.22. The fraction of sp³-hybridized carbons (Fsp3) is 0.0800. The van der Waals surface area contributed by atoms with Gasteiger partial charge in [-0.25, -0.2) is 4.98 Å². The van der Waals surface area contributed by atoms with Crippen LogP contribution in [0, 0.1) is 11.3 Å². The first kappa shape index (κ1) is 19.4. The molecule has 0 unspecified atom stereocenters. The molecule has 1 aliphatic heterocycles. The molecule has 7 nitrogen and oxygen atoms in total. The second kappa shape index (κ2) is 8.28. The fourth-order valence-electron chi connectivity index (χ4n) is 3.58. The molecule has 0 spiro atoms. The zero-order valence-corrected chi connectivity index (χ0v) is 17.0. The molecule has 0 bridgehead atoms. The molecule has 5 rings (SSSR count). The van der Waals surface area contributed by atoms with E-state index in [1.54, 1.807) is 48.9 Å². The highest BCUT2D eigenvalue weighted by molar-refractivity contribution is 5.77. The van der Waals surface area contributed by atoms with E-state index in [9.17, 15) is 5.21 Å². The molecular weight excluding hydrogens is 404 g/mol. The van der Waals surface area contributed by atoms with Crippen LogP contribution in [0.1, 0.15) is 24.1 Å². The average molecular weight is 422 g/mol. The van der Waals surface area contributed by atoms with Gasteiger partial charge in [-0.1, -0.05) is 24.3 Å². The first-order valence-electron chi connectivity index (χ1n) is 10.1. The maximum atomic E-state index is 11.1. The van der Waals surface area contributed by atoms with Gasteiger partial charge in [0.15, 0.2) is 17.3 Å².